The maximum absolute atomic E-state index is 4.36. The largest absolute Gasteiger partial charge is 0.309 e. The highest BCUT2D eigenvalue weighted by molar-refractivity contribution is 5.24. The van der Waals surface area contributed by atoms with Gasteiger partial charge in [0.15, 0.2) is 0 Å². The van der Waals surface area contributed by atoms with E-state index < -0.39 is 0 Å². The van der Waals surface area contributed by atoms with E-state index in [1.807, 2.05) is 0 Å². The van der Waals surface area contributed by atoms with E-state index in [1.165, 1.54) is 24.2 Å². The first-order chi connectivity index (χ1) is 6.60. The second-order valence-electron chi connectivity index (χ2n) is 4.87. The Morgan fingerprint density at radius 2 is 2.29 bits per heavy atom. The van der Waals surface area contributed by atoms with Crippen LogP contribution in [0.4, 0.5) is 0 Å². The summed E-state index contributed by atoms with van der Waals surface area (Å²) in [4.78, 5) is 0. The van der Waals surface area contributed by atoms with Gasteiger partial charge in [0.1, 0.15) is 0 Å². The normalized spacial score (nSPS) is 18.9. The molecule has 1 aromatic heterocycles. The minimum Gasteiger partial charge on any atom is -0.309 e. The van der Waals surface area contributed by atoms with Gasteiger partial charge in [0, 0.05) is 23.7 Å². The van der Waals surface area contributed by atoms with Crippen molar-refractivity contribution in [1.82, 2.24) is 15.5 Å². The molecule has 0 atom stereocenters. The van der Waals surface area contributed by atoms with Crippen molar-refractivity contribution in [3.63, 3.8) is 0 Å². The monoisotopic (exact) mass is 193 g/mol. The first-order valence-corrected chi connectivity index (χ1v) is 5.38. The van der Waals surface area contributed by atoms with Crippen LogP contribution in [-0.4, -0.2) is 16.2 Å². The van der Waals surface area contributed by atoms with E-state index in [2.05, 4.69) is 42.4 Å². The van der Waals surface area contributed by atoms with Gasteiger partial charge >= 0.3 is 0 Å². The molecular formula is C11H19N3. The van der Waals surface area contributed by atoms with Crippen molar-refractivity contribution in [2.45, 2.75) is 51.6 Å². The minimum atomic E-state index is 0.382. The highest BCUT2D eigenvalue weighted by Gasteiger charge is 2.41. The summed E-state index contributed by atoms with van der Waals surface area (Å²) < 4.78 is 0. The Bertz CT molecular complexity index is 310. The lowest BCUT2D eigenvalue weighted by Gasteiger charge is -2.05. The van der Waals surface area contributed by atoms with Crippen molar-refractivity contribution in [3.8, 4) is 0 Å². The second kappa shape index (κ2) is 3.39. The van der Waals surface area contributed by atoms with Crippen molar-refractivity contribution < 1.29 is 0 Å². The van der Waals surface area contributed by atoms with Gasteiger partial charge in [0.05, 0.1) is 5.69 Å². The van der Waals surface area contributed by atoms with Crippen LogP contribution in [0.1, 0.15) is 45.0 Å². The van der Waals surface area contributed by atoms with Crippen molar-refractivity contribution in [2.24, 2.45) is 0 Å². The Morgan fingerprint density at radius 1 is 1.57 bits per heavy atom. The van der Waals surface area contributed by atoms with Crippen LogP contribution >= 0.6 is 0 Å². The smallest absolute Gasteiger partial charge is 0.0684 e. The predicted molar refractivity (Wildman–Crippen MR) is 57.1 cm³/mol. The molecule has 0 saturated heterocycles. The van der Waals surface area contributed by atoms with Gasteiger partial charge in [-0.3, -0.25) is 5.10 Å². The van der Waals surface area contributed by atoms with Crippen LogP contribution in [-0.2, 0) is 12.0 Å². The zero-order chi connectivity index (χ0) is 10.2. The van der Waals surface area contributed by atoms with Crippen LogP contribution in [0.2, 0.25) is 0 Å². The summed E-state index contributed by atoms with van der Waals surface area (Å²) in [6, 6.07) is 2.72. The van der Waals surface area contributed by atoms with Crippen LogP contribution in [0, 0.1) is 0 Å². The van der Waals surface area contributed by atoms with Gasteiger partial charge in [0.25, 0.3) is 0 Å². The van der Waals surface area contributed by atoms with Gasteiger partial charge in [-0.05, 0) is 18.9 Å². The van der Waals surface area contributed by atoms with E-state index in [1.54, 1.807) is 0 Å². The van der Waals surface area contributed by atoms with Crippen molar-refractivity contribution in [3.05, 3.63) is 17.5 Å². The molecule has 3 nitrogen and oxygen atoms in total. The van der Waals surface area contributed by atoms with Crippen LogP contribution in [0.5, 0.6) is 0 Å². The highest BCUT2D eigenvalue weighted by Crippen LogP contribution is 2.46. The van der Waals surface area contributed by atoms with Gasteiger partial charge < -0.3 is 5.32 Å². The number of hydrogen-bond donors (Lipinski definition) is 2. The standard InChI is InChI=1S/C11H19N3/c1-8(2)12-7-9-6-10(14-13-9)11(3)4-5-11/h6,8,12H,4-5,7H2,1-3H3,(H,13,14). The van der Waals surface area contributed by atoms with Crippen LogP contribution < -0.4 is 5.32 Å². The maximum atomic E-state index is 4.36. The molecule has 0 bridgehead atoms. The molecule has 0 aliphatic heterocycles. The van der Waals surface area contributed by atoms with Gasteiger partial charge in [-0.1, -0.05) is 20.8 Å². The molecule has 1 aliphatic carbocycles. The topological polar surface area (TPSA) is 40.7 Å². The zero-order valence-electron chi connectivity index (χ0n) is 9.22. The number of hydrogen-bond acceptors (Lipinski definition) is 2. The second-order valence-corrected chi connectivity index (χ2v) is 4.87. The van der Waals surface area contributed by atoms with Crippen molar-refractivity contribution >= 4 is 0 Å². The first kappa shape index (κ1) is 9.71. The third-order valence-corrected chi connectivity index (χ3v) is 2.95. The molecule has 0 spiro atoms. The number of rotatable bonds is 4. The molecule has 1 saturated carbocycles. The fraction of sp³-hybridized carbons (Fsp3) is 0.727. The lowest BCUT2D eigenvalue weighted by atomic mass is 10.1. The Labute approximate surface area is 85.3 Å². The van der Waals surface area contributed by atoms with E-state index in [9.17, 15) is 0 Å². The summed E-state index contributed by atoms with van der Waals surface area (Å²) in [5.74, 6) is 0. The fourth-order valence-corrected chi connectivity index (χ4v) is 1.52. The minimum absolute atomic E-state index is 0.382. The molecule has 1 heterocycles. The lowest BCUT2D eigenvalue weighted by Crippen LogP contribution is -2.21. The summed E-state index contributed by atoms with van der Waals surface area (Å²) in [6.45, 7) is 7.47. The number of nitrogens with zero attached hydrogens (tertiary/aromatic N) is 1. The van der Waals surface area contributed by atoms with Gasteiger partial charge in [-0.2, -0.15) is 5.10 Å². The maximum Gasteiger partial charge on any atom is 0.0684 e. The van der Waals surface area contributed by atoms with Crippen LogP contribution in [0.3, 0.4) is 0 Å². The first-order valence-electron chi connectivity index (χ1n) is 5.38. The van der Waals surface area contributed by atoms with Crippen LogP contribution in [0.15, 0.2) is 6.07 Å². The molecule has 1 aliphatic rings. The molecule has 78 valence electrons. The SMILES string of the molecule is CC(C)NCc1cc(C2(C)CC2)n[nH]1. The van der Waals surface area contributed by atoms with E-state index >= 15 is 0 Å². The number of nitrogens with one attached hydrogen (secondary N) is 2. The molecule has 1 aromatic rings. The van der Waals surface area contributed by atoms with Crippen LogP contribution in [0.25, 0.3) is 0 Å². The molecule has 3 heteroatoms. The van der Waals surface area contributed by atoms with Gasteiger partial charge in [-0.25, -0.2) is 0 Å². The quantitative estimate of drug-likeness (QED) is 0.767. The third-order valence-electron chi connectivity index (χ3n) is 2.95. The predicted octanol–water partition coefficient (Wildman–Crippen LogP) is 1.96. The average molecular weight is 193 g/mol. The summed E-state index contributed by atoms with van der Waals surface area (Å²) in [5, 5.41) is 10.8. The summed E-state index contributed by atoms with van der Waals surface area (Å²) in [6.07, 6.45) is 2.57. The molecule has 0 aromatic carbocycles. The number of aromatic amines is 1. The summed E-state index contributed by atoms with van der Waals surface area (Å²) in [5.41, 5.74) is 2.81. The zero-order valence-corrected chi connectivity index (χ0v) is 9.22. The third kappa shape index (κ3) is 1.98. The lowest BCUT2D eigenvalue weighted by molar-refractivity contribution is 0.580. The number of H-pyrrole nitrogens is 1. The van der Waals surface area contributed by atoms with E-state index in [0.29, 0.717) is 11.5 Å². The molecule has 0 unspecified atom stereocenters. The molecular weight excluding hydrogens is 174 g/mol. The van der Waals surface area contributed by atoms with E-state index in [-0.39, 0.29) is 0 Å². The Hall–Kier alpha value is -0.830. The molecule has 0 amide bonds. The Kier molecular flexibility index (Phi) is 2.35. The molecule has 2 N–H and O–H groups in total. The summed E-state index contributed by atoms with van der Waals surface area (Å²) >= 11 is 0. The molecule has 0 radical (unpaired) electrons. The Balaban J connectivity index is 1.96. The highest BCUT2D eigenvalue weighted by atomic mass is 15.1. The van der Waals surface area contributed by atoms with Crippen molar-refractivity contribution in [2.75, 3.05) is 0 Å². The summed E-state index contributed by atoms with van der Waals surface area (Å²) in [7, 11) is 0. The van der Waals surface area contributed by atoms with E-state index in [4.69, 9.17) is 0 Å². The molecule has 1 fully saturated rings. The number of aromatic nitrogens is 2. The van der Waals surface area contributed by atoms with Gasteiger partial charge in [0.2, 0.25) is 0 Å². The average Bonchev–Trinajstić information content (AvgIpc) is 2.70. The molecule has 14 heavy (non-hydrogen) atoms. The fourth-order valence-electron chi connectivity index (χ4n) is 1.52. The Morgan fingerprint density at radius 3 is 2.86 bits per heavy atom. The van der Waals surface area contributed by atoms with Gasteiger partial charge in [-0.15, -0.1) is 0 Å². The molecule has 2 rings (SSSR count). The van der Waals surface area contributed by atoms with Crippen molar-refractivity contribution in [1.29, 1.82) is 0 Å². The van der Waals surface area contributed by atoms with E-state index in [0.717, 1.165) is 6.54 Å².